The summed E-state index contributed by atoms with van der Waals surface area (Å²) in [4.78, 5) is 4.42. The Morgan fingerprint density at radius 1 is 1.13 bits per heavy atom. The fraction of sp³-hybridized carbons (Fsp3) is 0.111. The molecule has 0 spiro atoms. The van der Waals surface area contributed by atoms with Crippen molar-refractivity contribution in [3.05, 3.63) is 71.9 Å². The molecule has 3 heterocycles. The second-order valence-corrected chi connectivity index (χ2v) is 5.82. The van der Waals surface area contributed by atoms with E-state index in [9.17, 15) is 0 Å². The Hall–Kier alpha value is -2.59. The summed E-state index contributed by atoms with van der Waals surface area (Å²) in [5.41, 5.74) is 4.55. The lowest BCUT2D eigenvalue weighted by Crippen LogP contribution is -2.00. The standard InChI is InChI=1S/C18H15ClN4/c1-2-13-5-6-15(19)10-16(13)14-7-9-22(11-14)18-17-4-3-8-23(17)21-12-20-18/h3-12H,2H2,1H3. The molecular weight excluding hydrogens is 308 g/mol. The highest BCUT2D eigenvalue weighted by atomic mass is 35.5. The first-order valence-electron chi connectivity index (χ1n) is 7.52. The average Bonchev–Trinajstić information content (AvgIpc) is 3.23. The lowest BCUT2D eigenvalue weighted by Gasteiger charge is -2.07. The van der Waals surface area contributed by atoms with Crippen molar-refractivity contribution in [3.8, 4) is 16.9 Å². The normalized spacial score (nSPS) is 11.2. The van der Waals surface area contributed by atoms with Gasteiger partial charge in [-0.25, -0.2) is 9.50 Å². The van der Waals surface area contributed by atoms with Crippen LogP contribution in [0.3, 0.4) is 0 Å². The molecule has 0 bridgehead atoms. The van der Waals surface area contributed by atoms with Crippen molar-refractivity contribution in [1.82, 2.24) is 19.2 Å². The zero-order chi connectivity index (χ0) is 15.8. The highest BCUT2D eigenvalue weighted by Gasteiger charge is 2.10. The van der Waals surface area contributed by atoms with Gasteiger partial charge in [0.15, 0.2) is 5.82 Å². The van der Waals surface area contributed by atoms with Crippen LogP contribution in [0.5, 0.6) is 0 Å². The molecule has 23 heavy (non-hydrogen) atoms. The van der Waals surface area contributed by atoms with Crippen LogP contribution < -0.4 is 0 Å². The van der Waals surface area contributed by atoms with Crippen molar-refractivity contribution in [2.45, 2.75) is 13.3 Å². The highest BCUT2D eigenvalue weighted by Crippen LogP contribution is 2.29. The van der Waals surface area contributed by atoms with Crippen LogP contribution >= 0.6 is 11.6 Å². The second-order valence-electron chi connectivity index (χ2n) is 5.38. The van der Waals surface area contributed by atoms with Gasteiger partial charge in [0.25, 0.3) is 0 Å². The van der Waals surface area contributed by atoms with E-state index in [0.717, 1.165) is 28.3 Å². The zero-order valence-corrected chi connectivity index (χ0v) is 13.4. The van der Waals surface area contributed by atoms with Crippen LogP contribution in [0.15, 0.2) is 61.3 Å². The van der Waals surface area contributed by atoms with E-state index in [4.69, 9.17) is 11.6 Å². The summed E-state index contributed by atoms with van der Waals surface area (Å²) in [5.74, 6) is 0.858. The van der Waals surface area contributed by atoms with Crippen molar-refractivity contribution in [3.63, 3.8) is 0 Å². The van der Waals surface area contributed by atoms with Crippen LogP contribution in [0.25, 0.3) is 22.5 Å². The number of aromatic nitrogens is 4. The van der Waals surface area contributed by atoms with Crippen molar-refractivity contribution >= 4 is 17.1 Å². The van der Waals surface area contributed by atoms with Gasteiger partial charge < -0.3 is 4.57 Å². The van der Waals surface area contributed by atoms with Gasteiger partial charge in [-0.2, -0.15) is 5.10 Å². The molecule has 0 radical (unpaired) electrons. The molecule has 5 heteroatoms. The molecule has 4 aromatic rings. The Bertz CT molecular complexity index is 984. The number of benzene rings is 1. The number of hydrogen-bond acceptors (Lipinski definition) is 2. The highest BCUT2D eigenvalue weighted by molar-refractivity contribution is 6.30. The van der Waals surface area contributed by atoms with Crippen LogP contribution in [0, 0.1) is 0 Å². The molecule has 0 saturated carbocycles. The maximum atomic E-state index is 6.18. The zero-order valence-electron chi connectivity index (χ0n) is 12.6. The Kier molecular flexibility index (Phi) is 3.39. The second kappa shape index (κ2) is 5.56. The number of nitrogens with zero attached hydrogens (tertiary/aromatic N) is 4. The molecule has 114 valence electrons. The predicted molar refractivity (Wildman–Crippen MR) is 92.1 cm³/mol. The van der Waals surface area contributed by atoms with Crippen molar-refractivity contribution < 1.29 is 0 Å². The third-order valence-electron chi connectivity index (χ3n) is 4.01. The first-order chi connectivity index (χ1) is 11.3. The van der Waals surface area contributed by atoms with Gasteiger partial charge in [0.05, 0.1) is 0 Å². The maximum absolute atomic E-state index is 6.18. The van der Waals surface area contributed by atoms with Gasteiger partial charge in [-0.3, -0.25) is 0 Å². The minimum atomic E-state index is 0.751. The molecule has 0 atom stereocenters. The van der Waals surface area contributed by atoms with E-state index >= 15 is 0 Å². The first-order valence-corrected chi connectivity index (χ1v) is 7.89. The molecule has 0 saturated heterocycles. The van der Waals surface area contributed by atoms with Crippen LogP contribution in [-0.2, 0) is 6.42 Å². The van der Waals surface area contributed by atoms with Crippen LogP contribution in [-0.4, -0.2) is 19.2 Å². The lowest BCUT2D eigenvalue weighted by molar-refractivity contribution is 0.870. The molecule has 0 unspecified atom stereocenters. The minimum Gasteiger partial charge on any atom is -0.306 e. The molecule has 0 aliphatic carbocycles. The quantitative estimate of drug-likeness (QED) is 0.560. The Balaban J connectivity index is 1.84. The Morgan fingerprint density at radius 3 is 2.91 bits per heavy atom. The van der Waals surface area contributed by atoms with E-state index in [1.165, 1.54) is 11.1 Å². The predicted octanol–water partition coefficient (Wildman–Crippen LogP) is 4.40. The summed E-state index contributed by atoms with van der Waals surface area (Å²) in [6, 6.07) is 12.1. The average molecular weight is 323 g/mol. The first kappa shape index (κ1) is 14.0. The summed E-state index contributed by atoms with van der Waals surface area (Å²) in [7, 11) is 0. The van der Waals surface area contributed by atoms with E-state index in [0.29, 0.717) is 0 Å². The minimum absolute atomic E-state index is 0.751. The Morgan fingerprint density at radius 2 is 2.04 bits per heavy atom. The third kappa shape index (κ3) is 2.41. The molecule has 4 nitrogen and oxygen atoms in total. The molecular formula is C18H15ClN4. The number of rotatable bonds is 3. The van der Waals surface area contributed by atoms with Gasteiger partial charge in [0.2, 0.25) is 0 Å². The van der Waals surface area contributed by atoms with E-state index in [1.54, 1.807) is 6.33 Å². The lowest BCUT2D eigenvalue weighted by atomic mass is 10.0. The monoisotopic (exact) mass is 322 g/mol. The molecule has 3 aromatic heterocycles. The Labute approximate surface area is 139 Å². The molecule has 0 fully saturated rings. The molecule has 0 amide bonds. The van der Waals surface area contributed by atoms with Crippen molar-refractivity contribution in [2.24, 2.45) is 0 Å². The fourth-order valence-corrected chi connectivity index (χ4v) is 3.04. The molecule has 0 aliphatic heterocycles. The van der Waals surface area contributed by atoms with E-state index in [-0.39, 0.29) is 0 Å². The van der Waals surface area contributed by atoms with Gasteiger partial charge in [0.1, 0.15) is 11.8 Å². The van der Waals surface area contributed by atoms with E-state index in [2.05, 4.69) is 35.3 Å². The molecule has 0 N–H and O–H groups in total. The third-order valence-corrected chi connectivity index (χ3v) is 4.25. The van der Waals surface area contributed by atoms with Crippen molar-refractivity contribution in [2.75, 3.05) is 0 Å². The molecule has 1 aromatic carbocycles. The van der Waals surface area contributed by atoms with Gasteiger partial charge >= 0.3 is 0 Å². The summed E-state index contributed by atoms with van der Waals surface area (Å²) in [6.07, 6.45) is 8.55. The van der Waals surface area contributed by atoms with E-state index < -0.39 is 0 Å². The summed E-state index contributed by atoms with van der Waals surface area (Å²) < 4.78 is 3.84. The smallest absolute Gasteiger partial charge is 0.164 e. The molecule has 0 aliphatic rings. The fourth-order valence-electron chi connectivity index (χ4n) is 2.86. The van der Waals surface area contributed by atoms with Crippen LogP contribution in [0.1, 0.15) is 12.5 Å². The SMILES string of the molecule is CCc1ccc(Cl)cc1-c1ccn(-c2ncnn3cccc23)c1. The number of halogens is 1. The number of hydrogen-bond donors (Lipinski definition) is 0. The summed E-state index contributed by atoms with van der Waals surface area (Å²) in [5, 5.41) is 4.96. The summed E-state index contributed by atoms with van der Waals surface area (Å²) in [6.45, 7) is 2.15. The topological polar surface area (TPSA) is 35.1 Å². The van der Waals surface area contributed by atoms with Crippen LogP contribution in [0.4, 0.5) is 0 Å². The molecule has 4 rings (SSSR count). The number of fused-ring (bicyclic) bond motifs is 1. The van der Waals surface area contributed by atoms with Crippen molar-refractivity contribution in [1.29, 1.82) is 0 Å². The van der Waals surface area contributed by atoms with Crippen LogP contribution in [0.2, 0.25) is 5.02 Å². The number of aryl methyl sites for hydroxylation is 1. The van der Waals surface area contributed by atoms with E-state index in [1.807, 2.05) is 45.7 Å². The van der Waals surface area contributed by atoms with Gasteiger partial charge in [-0.15, -0.1) is 0 Å². The van der Waals surface area contributed by atoms with Gasteiger partial charge in [-0.1, -0.05) is 24.6 Å². The van der Waals surface area contributed by atoms with Gasteiger partial charge in [-0.05, 0) is 47.9 Å². The summed E-state index contributed by atoms with van der Waals surface area (Å²) >= 11 is 6.18. The maximum Gasteiger partial charge on any atom is 0.164 e. The van der Waals surface area contributed by atoms with Gasteiger partial charge in [0, 0.05) is 29.2 Å². The largest absolute Gasteiger partial charge is 0.306 e.